The number of anilines is 1. The van der Waals surface area contributed by atoms with Crippen molar-refractivity contribution in [1.82, 2.24) is 4.98 Å². The monoisotopic (exact) mass is 277 g/mol. The normalized spacial score (nSPS) is 12.9. The van der Waals surface area contributed by atoms with Crippen LogP contribution in [0.25, 0.3) is 0 Å². The van der Waals surface area contributed by atoms with Crippen LogP contribution in [0.4, 0.5) is 5.82 Å². The summed E-state index contributed by atoms with van der Waals surface area (Å²) in [5, 5.41) is 0. The summed E-state index contributed by atoms with van der Waals surface area (Å²) in [6.45, 7) is 2.05. The molecule has 0 spiro atoms. The molecule has 0 saturated carbocycles. The summed E-state index contributed by atoms with van der Waals surface area (Å²) in [6.07, 6.45) is 2.66. The molecule has 0 amide bonds. The van der Waals surface area contributed by atoms with Gasteiger partial charge in [0.05, 0.1) is 3.57 Å². The lowest BCUT2D eigenvalue weighted by Gasteiger charge is -2.09. The minimum Gasteiger partial charge on any atom is -0.383 e. The van der Waals surface area contributed by atoms with Crippen molar-refractivity contribution in [3.8, 4) is 0 Å². The number of pyridine rings is 1. The average Bonchev–Trinajstić information content (AvgIpc) is 2.08. The van der Waals surface area contributed by atoms with Crippen LogP contribution in [0.15, 0.2) is 12.3 Å². The van der Waals surface area contributed by atoms with E-state index >= 15 is 0 Å². The SMILES string of the molecule is CCC(N)c1cnc(N)c(I)c1. The van der Waals surface area contributed by atoms with E-state index in [1.807, 2.05) is 13.0 Å². The molecule has 66 valence electrons. The molecule has 0 aliphatic heterocycles. The number of aromatic nitrogens is 1. The van der Waals surface area contributed by atoms with E-state index in [0.29, 0.717) is 5.82 Å². The zero-order chi connectivity index (χ0) is 9.14. The van der Waals surface area contributed by atoms with E-state index in [4.69, 9.17) is 11.5 Å². The van der Waals surface area contributed by atoms with Crippen LogP contribution < -0.4 is 11.5 Å². The van der Waals surface area contributed by atoms with Gasteiger partial charge in [-0.05, 0) is 40.6 Å². The summed E-state index contributed by atoms with van der Waals surface area (Å²) in [7, 11) is 0. The van der Waals surface area contributed by atoms with Crippen molar-refractivity contribution in [2.24, 2.45) is 5.73 Å². The fourth-order valence-corrected chi connectivity index (χ4v) is 1.40. The Morgan fingerprint density at radius 2 is 2.33 bits per heavy atom. The van der Waals surface area contributed by atoms with Crippen LogP contribution in [-0.2, 0) is 0 Å². The maximum atomic E-state index is 5.83. The van der Waals surface area contributed by atoms with Gasteiger partial charge in [-0.2, -0.15) is 0 Å². The van der Waals surface area contributed by atoms with Crippen molar-refractivity contribution >= 4 is 28.4 Å². The van der Waals surface area contributed by atoms with E-state index in [-0.39, 0.29) is 6.04 Å². The third-order valence-electron chi connectivity index (χ3n) is 1.76. The first-order valence-electron chi connectivity index (χ1n) is 3.81. The topological polar surface area (TPSA) is 64.9 Å². The summed E-state index contributed by atoms with van der Waals surface area (Å²) >= 11 is 2.16. The molecule has 0 fully saturated rings. The summed E-state index contributed by atoms with van der Waals surface area (Å²) in [4.78, 5) is 4.04. The number of hydrogen-bond donors (Lipinski definition) is 2. The summed E-state index contributed by atoms with van der Waals surface area (Å²) < 4.78 is 0.967. The molecule has 0 aliphatic rings. The largest absolute Gasteiger partial charge is 0.383 e. The second-order valence-electron chi connectivity index (χ2n) is 2.65. The van der Waals surface area contributed by atoms with Crippen molar-refractivity contribution in [3.63, 3.8) is 0 Å². The molecular weight excluding hydrogens is 265 g/mol. The van der Waals surface area contributed by atoms with Crippen molar-refractivity contribution in [1.29, 1.82) is 0 Å². The Morgan fingerprint density at radius 1 is 1.67 bits per heavy atom. The highest BCUT2D eigenvalue weighted by atomic mass is 127. The Labute approximate surface area is 85.7 Å². The van der Waals surface area contributed by atoms with Gasteiger partial charge in [0, 0.05) is 12.2 Å². The lowest BCUT2D eigenvalue weighted by Crippen LogP contribution is -2.09. The molecule has 4 heteroatoms. The van der Waals surface area contributed by atoms with Crippen molar-refractivity contribution in [3.05, 3.63) is 21.4 Å². The highest BCUT2D eigenvalue weighted by Gasteiger charge is 2.05. The number of nitrogens with zero attached hydrogens (tertiary/aromatic N) is 1. The molecule has 0 bridgehead atoms. The smallest absolute Gasteiger partial charge is 0.136 e. The van der Waals surface area contributed by atoms with Crippen LogP contribution in [0.3, 0.4) is 0 Å². The molecule has 3 nitrogen and oxygen atoms in total. The minimum absolute atomic E-state index is 0.0756. The van der Waals surface area contributed by atoms with E-state index < -0.39 is 0 Å². The van der Waals surface area contributed by atoms with Gasteiger partial charge in [-0.25, -0.2) is 4.98 Å². The van der Waals surface area contributed by atoms with Gasteiger partial charge in [-0.1, -0.05) is 6.92 Å². The van der Waals surface area contributed by atoms with Gasteiger partial charge in [0.25, 0.3) is 0 Å². The van der Waals surface area contributed by atoms with Crippen molar-refractivity contribution in [2.45, 2.75) is 19.4 Å². The zero-order valence-corrected chi connectivity index (χ0v) is 9.08. The van der Waals surface area contributed by atoms with E-state index in [9.17, 15) is 0 Å². The number of halogens is 1. The van der Waals surface area contributed by atoms with E-state index in [2.05, 4.69) is 27.6 Å². The molecule has 1 heterocycles. The lowest BCUT2D eigenvalue weighted by molar-refractivity contribution is 0.695. The third-order valence-corrected chi connectivity index (χ3v) is 2.62. The molecule has 1 aromatic rings. The number of nitrogen functional groups attached to an aromatic ring is 1. The van der Waals surface area contributed by atoms with Crippen molar-refractivity contribution in [2.75, 3.05) is 5.73 Å². The zero-order valence-electron chi connectivity index (χ0n) is 6.92. The molecule has 1 unspecified atom stereocenters. The first-order valence-corrected chi connectivity index (χ1v) is 4.89. The number of nitrogens with two attached hydrogens (primary N) is 2. The van der Waals surface area contributed by atoms with Gasteiger partial charge in [0.2, 0.25) is 0 Å². The molecule has 1 atom stereocenters. The Bertz CT molecular complexity index is 275. The van der Waals surface area contributed by atoms with Crippen LogP contribution >= 0.6 is 22.6 Å². The van der Waals surface area contributed by atoms with Gasteiger partial charge in [-0.15, -0.1) is 0 Å². The second kappa shape index (κ2) is 4.04. The van der Waals surface area contributed by atoms with Crippen LogP contribution in [0, 0.1) is 3.57 Å². The predicted molar refractivity (Wildman–Crippen MR) is 58.6 cm³/mol. The number of hydrogen-bond acceptors (Lipinski definition) is 3. The lowest BCUT2D eigenvalue weighted by atomic mass is 10.1. The fourth-order valence-electron chi connectivity index (χ4n) is 0.902. The summed E-state index contributed by atoms with van der Waals surface area (Å²) in [6, 6.07) is 2.06. The highest BCUT2D eigenvalue weighted by Crippen LogP contribution is 2.18. The second-order valence-corrected chi connectivity index (χ2v) is 3.81. The minimum atomic E-state index is 0.0756. The van der Waals surface area contributed by atoms with Crippen LogP contribution in [0.2, 0.25) is 0 Å². The molecule has 0 radical (unpaired) electrons. The van der Waals surface area contributed by atoms with E-state index in [1.165, 1.54) is 0 Å². The maximum absolute atomic E-state index is 5.83. The van der Waals surface area contributed by atoms with Gasteiger partial charge in [0.15, 0.2) is 0 Å². The van der Waals surface area contributed by atoms with Crippen LogP contribution in [-0.4, -0.2) is 4.98 Å². The van der Waals surface area contributed by atoms with Gasteiger partial charge < -0.3 is 11.5 Å². The molecule has 1 rings (SSSR count). The molecule has 4 N–H and O–H groups in total. The molecular formula is C8H12IN3. The Kier molecular flexibility index (Phi) is 3.28. The van der Waals surface area contributed by atoms with Crippen LogP contribution in [0.5, 0.6) is 0 Å². The van der Waals surface area contributed by atoms with Gasteiger partial charge >= 0.3 is 0 Å². The van der Waals surface area contributed by atoms with Crippen LogP contribution in [0.1, 0.15) is 24.9 Å². The van der Waals surface area contributed by atoms with Gasteiger partial charge in [0.1, 0.15) is 5.82 Å². The number of rotatable bonds is 2. The predicted octanol–water partition coefficient (Wildman–Crippen LogP) is 1.68. The summed E-state index contributed by atoms with van der Waals surface area (Å²) in [5.41, 5.74) is 12.5. The molecule has 0 aliphatic carbocycles. The average molecular weight is 277 g/mol. The highest BCUT2D eigenvalue weighted by molar-refractivity contribution is 14.1. The molecule has 1 aromatic heterocycles. The first kappa shape index (κ1) is 9.73. The van der Waals surface area contributed by atoms with E-state index in [0.717, 1.165) is 15.6 Å². The maximum Gasteiger partial charge on any atom is 0.136 e. The molecule has 0 aromatic carbocycles. The fraction of sp³-hybridized carbons (Fsp3) is 0.375. The van der Waals surface area contributed by atoms with E-state index in [1.54, 1.807) is 6.20 Å². The Hall–Kier alpha value is -0.360. The quantitative estimate of drug-likeness (QED) is 0.808. The van der Waals surface area contributed by atoms with Crippen molar-refractivity contribution < 1.29 is 0 Å². The Balaban J connectivity index is 2.96. The standard InChI is InChI=1S/C8H12IN3/c1-2-7(10)5-3-6(9)8(11)12-4-5/h3-4,7H,2,10H2,1H3,(H2,11,12). The summed E-state index contributed by atoms with van der Waals surface area (Å²) in [5.74, 6) is 0.572. The van der Waals surface area contributed by atoms with Gasteiger partial charge in [-0.3, -0.25) is 0 Å². The molecule has 0 saturated heterocycles. The first-order chi connectivity index (χ1) is 5.65. The Morgan fingerprint density at radius 3 is 2.83 bits per heavy atom. The third kappa shape index (κ3) is 2.07. The molecule has 12 heavy (non-hydrogen) atoms.